The maximum absolute atomic E-state index is 12.5. The lowest BCUT2D eigenvalue weighted by Gasteiger charge is -2.09. The van der Waals surface area contributed by atoms with Crippen molar-refractivity contribution in [3.63, 3.8) is 0 Å². The van der Waals surface area contributed by atoms with Gasteiger partial charge in [0.25, 0.3) is 5.91 Å². The topological polar surface area (TPSA) is 85.1 Å². The Kier molecular flexibility index (Phi) is 5.47. The first-order chi connectivity index (χ1) is 12.1. The van der Waals surface area contributed by atoms with E-state index in [1.165, 1.54) is 23.1 Å². The van der Waals surface area contributed by atoms with Crippen LogP contribution in [0.5, 0.6) is 0 Å². The zero-order valence-corrected chi connectivity index (χ0v) is 14.8. The van der Waals surface area contributed by atoms with Crippen LogP contribution in [0, 0.1) is 0 Å². The summed E-state index contributed by atoms with van der Waals surface area (Å²) in [5.41, 5.74) is 7.15. The molecule has 0 saturated heterocycles. The molecule has 0 aliphatic heterocycles. The van der Waals surface area contributed by atoms with Gasteiger partial charge in [-0.15, -0.1) is 23.1 Å². The van der Waals surface area contributed by atoms with E-state index in [4.69, 9.17) is 5.73 Å². The number of anilines is 1. The molecule has 7 heteroatoms. The van der Waals surface area contributed by atoms with Gasteiger partial charge in [-0.2, -0.15) is 0 Å². The molecule has 5 nitrogen and oxygen atoms in total. The number of thioether (sulfide) groups is 1. The van der Waals surface area contributed by atoms with Crippen molar-refractivity contribution < 1.29 is 9.59 Å². The van der Waals surface area contributed by atoms with Gasteiger partial charge in [0.1, 0.15) is 10.7 Å². The summed E-state index contributed by atoms with van der Waals surface area (Å²) in [6.07, 6.45) is 0. The predicted octanol–water partition coefficient (Wildman–Crippen LogP) is 3.64. The number of benzene rings is 2. The van der Waals surface area contributed by atoms with Crippen LogP contribution in [-0.2, 0) is 4.79 Å². The van der Waals surface area contributed by atoms with Crippen LogP contribution in [0.2, 0.25) is 0 Å². The molecule has 1 aromatic heterocycles. The molecule has 3 N–H and O–H groups in total. The monoisotopic (exact) mass is 369 g/mol. The van der Waals surface area contributed by atoms with Crippen molar-refractivity contribution in [3.8, 4) is 10.6 Å². The number of amides is 2. The van der Waals surface area contributed by atoms with E-state index in [1.807, 2.05) is 48.5 Å². The van der Waals surface area contributed by atoms with Crippen molar-refractivity contribution in [1.82, 2.24) is 4.98 Å². The van der Waals surface area contributed by atoms with Crippen LogP contribution in [0.25, 0.3) is 10.6 Å². The van der Waals surface area contributed by atoms with Gasteiger partial charge in [-0.1, -0.05) is 42.5 Å². The van der Waals surface area contributed by atoms with Crippen LogP contribution in [0.15, 0.2) is 64.9 Å². The Labute approximate surface area is 153 Å². The molecule has 3 aromatic rings. The number of carbonyl (C=O) groups excluding carboxylic acids is 2. The Morgan fingerprint density at radius 2 is 1.80 bits per heavy atom. The smallest absolute Gasteiger partial charge is 0.275 e. The number of thiazole rings is 1. The highest BCUT2D eigenvalue weighted by molar-refractivity contribution is 8.00. The quantitative estimate of drug-likeness (QED) is 0.650. The summed E-state index contributed by atoms with van der Waals surface area (Å²) in [6.45, 7) is 0. The summed E-state index contributed by atoms with van der Waals surface area (Å²) in [5, 5.41) is 5.37. The minimum Gasteiger partial charge on any atom is -0.369 e. The lowest BCUT2D eigenvalue weighted by atomic mass is 10.2. The summed E-state index contributed by atoms with van der Waals surface area (Å²) in [5.74, 6) is -0.537. The number of para-hydroxylation sites is 1. The molecule has 0 fully saturated rings. The van der Waals surface area contributed by atoms with Crippen LogP contribution in [-0.4, -0.2) is 22.6 Å². The minimum atomic E-state index is -0.405. The molecule has 0 aliphatic carbocycles. The number of hydrogen-bond acceptors (Lipinski definition) is 5. The Bertz CT molecular complexity index is 894. The van der Waals surface area contributed by atoms with Gasteiger partial charge in [-0.05, 0) is 12.1 Å². The molecule has 2 amide bonds. The third-order valence-corrected chi connectivity index (χ3v) is 5.25. The molecule has 126 valence electrons. The molecule has 0 spiro atoms. The SMILES string of the molecule is NC(=O)CSc1ccccc1NC(=O)c1csc(-c2ccccc2)n1. The molecule has 0 unspecified atom stereocenters. The summed E-state index contributed by atoms with van der Waals surface area (Å²) >= 11 is 2.71. The fourth-order valence-electron chi connectivity index (χ4n) is 2.12. The molecule has 0 bridgehead atoms. The number of rotatable bonds is 6. The van der Waals surface area contributed by atoms with Gasteiger partial charge in [0, 0.05) is 15.8 Å². The second kappa shape index (κ2) is 7.96. The van der Waals surface area contributed by atoms with Crippen molar-refractivity contribution in [3.05, 3.63) is 65.7 Å². The van der Waals surface area contributed by atoms with E-state index in [-0.39, 0.29) is 11.7 Å². The van der Waals surface area contributed by atoms with E-state index in [0.29, 0.717) is 11.4 Å². The number of hydrogen-bond donors (Lipinski definition) is 2. The van der Waals surface area contributed by atoms with Crippen LogP contribution >= 0.6 is 23.1 Å². The lowest BCUT2D eigenvalue weighted by molar-refractivity contribution is -0.115. The van der Waals surface area contributed by atoms with Crippen molar-refractivity contribution in [2.24, 2.45) is 5.73 Å². The van der Waals surface area contributed by atoms with Gasteiger partial charge < -0.3 is 11.1 Å². The van der Waals surface area contributed by atoms with E-state index >= 15 is 0 Å². The molecule has 0 atom stereocenters. The Morgan fingerprint density at radius 3 is 2.56 bits per heavy atom. The molecular formula is C18H15N3O2S2. The zero-order valence-electron chi connectivity index (χ0n) is 13.1. The highest BCUT2D eigenvalue weighted by Gasteiger charge is 2.14. The third-order valence-electron chi connectivity index (χ3n) is 3.26. The number of nitrogens with one attached hydrogen (secondary N) is 1. The molecule has 25 heavy (non-hydrogen) atoms. The van der Waals surface area contributed by atoms with Crippen molar-refractivity contribution in [1.29, 1.82) is 0 Å². The van der Waals surface area contributed by atoms with Gasteiger partial charge in [-0.25, -0.2) is 4.98 Å². The van der Waals surface area contributed by atoms with E-state index in [2.05, 4.69) is 10.3 Å². The largest absolute Gasteiger partial charge is 0.369 e. The van der Waals surface area contributed by atoms with Crippen LogP contribution in [0.4, 0.5) is 5.69 Å². The summed E-state index contributed by atoms with van der Waals surface area (Å²) in [7, 11) is 0. The number of nitrogens with two attached hydrogens (primary N) is 1. The Hall–Kier alpha value is -2.64. The van der Waals surface area contributed by atoms with E-state index in [0.717, 1.165) is 15.5 Å². The number of carbonyl (C=O) groups is 2. The molecule has 3 rings (SSSR count). The first-order valence-corrected chi connectivity index (χ1v) is 9.32. The second-order valence-corrected chi connectivity index (χ2v) is 6.98. The molecule has 0 aliphatic rings. The summed E-state index contributed by atoms with van der Waals surface area (Å²) in [6, 6.07) is 17.0. The second-order valence-electron chi connectivity index (χ2n) is 5.11. The highest BCUT2D eigenvalue weighted by atomic mass is 32.2. The summed E-state index contributed by atoms with van der Waals surface area (Å²) in [4.78, 5) is 28.6. The normalized spacial score (nSPS) is 10.4. The van der Waals surface area contributed by atoms with Gasteiger partial charge in [0.15, 0.2) is 0 Å². The number of aromatic nitrogens is 1. The van der Waals surface area contributed by atoms with Crippen molar-refractivity contribution in [2.75, 3.05) is 11.1 Å². The molecule has 0 saturated carbocycles. The van der Waals surface area contributed by atoms with Gasteiger partial charge in [0.05, 0.1) is 11.4 Å². The average molecular weight is 369 g/mol. The van der Waals surface area contributed by atoms with Gasteiger partial charge in [0.2, 0.25) is 5.91 Å². The predicted molar refractivity (Wildman–Crippen MR) is 102 cm³/mol. The molecule has 1 heterocycles. The third kappa shape index (κ3) is 4.46. The summed E-state index contributed by atoms with van der Waals surface area (Å²) < 4.78 is 0. The van der Waals surface area contributed by atoms with Gasteiger partial charge >= 0.3 is 0 Å². The zero-order chi connectivity index (χ0) is 17.6. The van der Waals surface area contributed by atoms with E-state index in [9.17, 15) is 9.59 Å². The van der Waals surface area contributed by atoms with Crippen LogP contribution in [0.1, 0.15) is 10.5 Å². The first kappa shape index (κ1) is 17.2. The van der Waals surface area contributed by atoms with Crippen molar-refractivity contribution in [2.45, 2.75) is 4.90 Å². The lowest BCUT2D eigenvalue weighted by Crippen LogP contribution is -2.15. The first-order valence-electron chi connectivity index (χ1n) is 7.46. The minimum absolute atomic E-state index is 0.155. The fraction of sp³-hybridized carbons (Fsp3) is 0.0556. The standard InChI is InChI=1S/C18H15N3O2S2/c19-16(22)11-24-15-9-5-4-8-13(15)20-17(23)14-10-25-18(21-14)12-6-2-1-3-7-12/h1-10H,11H2,(H2,19,22)(H,20,23). The van der Waals surface area contributed by atoms with Crippen LogP contribution < -0.4 is 11.1 Å². The fourth-order valence-corrected chi connectivity index (χ4v) is 3.68. The Morgan fingerprint density at radius 1 is 1.08 bits per heavy atom. The molecular weight excluding hydrogens is 354 g/mol. The van der Waals surface area contributed by atoms with E-state index in [1.54, 1.807) is 11.4 Å². The van der Waals surface area contributed by atoms with E-state index < -0.39 is 5.91 Å². The Balaban J connectivity index is 1.75. The maximum atomic E-state index is 12.5. The molecule has 2 aromatic carbocycles. The average Bonchev–Trinajstić information content (AvgIpc) is 3.12. The van der Waals surface area contributed by atoms with Crippen molar-refractivity contribution >= 4 is 40.6 Å². The number of nitrogens with zero attached hydrogens (tertiary/aromatic N) is 1. The maximum Gasteiger partial charge on any atom is 0.275 e. The van der Waals surface area contributed by atoms with Gasteiger partial charge in [-0.3, -0.25) is 9.59 Å². The van der Waals surface area contributed by atoms with Crippen LogP contribution in [0.3, 0.4) is 0 Å². The highest BCUT2D eigenvalue weighted by Crippen LogP contribution is 2.28. The molecule has 0 radical (unpaired) electrons. The number of primary amides is 1.